The van der Waals surface area contributed by atoms with Crippen LogP contribution in [0.15, 0.2) is 0 Å². The summed E-state index contributed by atoms with van der Waals surface area (Å²) in [7, 11) is -3.39. The van der Waals surface area contributed by atoms with Crippen LogP contribution in [0.1, 0.15) is 26.2 Å². The molecule has 2 saturated heterocycles. The maximum Gasteiger partial charge on any atom is 0.280 e. The summed E-state index contributed by atoms with van der Waals surface area (Å²) in [6.07, 6.45) is 2.43. The van der Waals surface area contributed by atoms with Gasteiger partial charge in [0, 0.05) is 19.7 Å². The van der Waals surface area contributed by atoms with Crippen LogP contribution in [0.3, 0.4) is 0 Å². The molecule has 0 aromatic rings. The van der Waals surface area contributed by atoms with E-state index in [1.54, 1.807) is 0 Å². The van der Waals surface area contributed by atoms with Gasteiger partial charge in [-0.05, 0) is 38.6 Å². The van der Waals surface area contributed by atoms with Gasteiger partial charge in [0.15, 0.2) is 0 Å². The molecule has 0 saturated carbocycles. The summed E-state index contributed by atoms with van der Waals surface area (Å²) in [6, 6.07) is 0. The first kappa shape index (κ1) is 14.2. The second-order valence-corrected chi connectivity index (χ2v) is 7.22. The SMILES string of the molecule is CC1(NS(=O)(=O)N2CCC(CN)CC2)CCOC1. The van der Waals surface area contributed by atoms with E-state index >= 15 is 0 Å². The van der Waals surface area contributed by atoms with Gasteiger partial charge >= 0.3 is 0 Å². The van der Waals surface area contributed by atoms with Crippen LogP contribution in [0.4, 0.5) is 0 Å². The van der Waals surface area contributed by atoms with Crippen molar-refractivity contribution in [2.75, 3.05) is 32.8 Å². The molecule has 3 N–H and O–H groups in total. The largest absolute Gasteiger partial charge is 0.379 e. The molecule has 1 atom stereocenters. The summed E-state index contributed by atoms with van der Waals surface area (Å²) in [6.45, 7) is 4.74. The molecular weight excluding hydrogens is 254 g/mol. The van der Waals surface area contributed by atoms with Crippen molar-refractivity contribution in [2.24, 2.45) is 11.7 Å². The lowest BCUT2D eigenvalue weighted by Crippen LogP contribution is -2.54. The van der Waals surface area contributed by atoms with E-state index in [0.717, 1.165) is 19.3 Å². The van der Waals surface area contributed by atoms with Crippen LogP contribution in [-0.4, -0.2) is 51.1 Å². The Kier molecular flexibility index (Phi) is 4.28. The Labute approximate surface area is 109 Å². The first-order valence-corrected chi connectivity index (χ1v) is 7.96. The Hall–Kier alpha value is -0.210. The quantitative estimate of drug-likeness (QED) is 0.737. The van der Waals surface area contributed by atoms with Crippen LogP contribution >= 0.6 is 0 Å². The fourth-order valence-corrected chi connectivity index (χ4v) is 4.11. The van der Waals surface area contributed by atoms with Gasteiger partial charge < -0.3 is 10.5 Å². The first-order chi connectivity index (χ1) is 8.45. The molecule has 2 rings (SSSR count). The average molecular weight is 277 g/mol. The minimum Gasteiger partial charge on any atom is -0.379 e. The maximum atomic E-state index is 12.3. The van der Waals surface area contributed by atoms with Gasteiger partial charge in [-0.25, -0.2) is 0 Å². The maximum absolute atomic E-state index is 12.3. The molecule has 2 fully saturated rings. The molecule has 2 aliphatic rings. The Bertz CT molecular complexity index is 371. The summed E-state index contributed by atoms with van der Waals surface area (Å²) >= 11 is 0. The predicted octanol–water partition coefficient (Wildman–Crippen LogP) is -0.329. The number of nitrogens with two attached hydrogens (primary N) is 1. The van der Waals surface area contributed by atoms with Crippen LogP contribution in [0.5, 0.6) is 0 Å². The van der Waals surface area contributed by atoms with E-state index in [-0.39, 0.29) is 0 Å². The molecule has 0 aromatic carbocycles. The molecule has 0 bridgehead atoms. The minimum absolute atomic E-state index is 0.450. The number of rotatable bonds is 4. The first-order valence-electron chi connectivity index (χ1n) is 6.52. The number of hydrogen-bond donors (Lipinski definition) is 2. The third-order valence-electron chi connectivity index (χ3n) is 3.84. The molecule has 2 heterocycles. The van der Waals surface area contributed by atoms with Gasteiger partial charge in [0.25, 0.3) is 10.2 Å². The van der Waals surface area contributed by atoms with E-state index in [1.807, 2.05) is 6.92 Å². The molecule has 0 amide bonds. The summed E-state index contributed by atoms with van der Waals surface area (Å²) in [5.41, 5.74) is 5.16. The van der Waals surface area contributed by atoms with Gasteiger partial charge in [0.05, 0.1) is 12.1 Å². The Morgan fingerprint density at radius 3 is 2.61 bits per heavy atom. The Morgan fingerprint density at radius 2 is 2.11 bits per heavy atom. The molecule has 0 spiro atoms. The van der Waals surface area contributed by atoms with Crippen LogP contribution < -0.4 is 10.5 Å². The van der Waals surface area contributed by atoms with Gasteiger partial charge in [-0.3, -0.25) is 0 Å². The van der Waals surface area contributed by atoms with Crippen molar-refractivity contribution in [1.29, 1.82) is 0 Å². The third-order valence-corrected chi connectivity index (χ3v) is 5.64. The number of ether oxygens (including phenoxy) is 1. The second-order valence-electron chi connectivity index (χ2n) is 5.55. The summed E-state index contributed by atoms with van der Waals surface area (Å²) in [4.78, 5) is 0. The Balaban J connectivity index is 1.95. The topological polar surface area (TPSA) is 84.7 Å². The number of nitrogens with zero attached hydrogens (tertiary/aromatic N) is 1. The van der Waals surface area contributed by atoms with Crippen molar-refractivity contribution < 1.29 is 13.2 Å². The highest BCUT2D eigenvalue weighted by atomic mass is 32.2. The zero-order valence-electron chi connectivity index (χ0n) is 10.9. The monoisotopic (exact) mass is 277 g/mol. The lowest BCUT2D eigenvalue weighted by Gasteiger charge is -2.33. The van der Waals surface area contributed by atoms with E-state index < -0.39 is 15.7 Å². The van der Waals surface area contributed by atoms with E-state index in [0.29, 0.717) is 38.8 Å². The van der Waals surface area contributed by atoms with E-state index in [1.165, 1.54) is 4.31 Å². The van der Waals surface area contributed by atoms with Crippen molar-refractivity contribution in [3.8, 4) is 0 Å². The van der Waals surface area contributed by atoms with Gasteiger partial charge in [-0.1, -0.05) is 0 Å². The highest BCUT2D eigenvalue weighted by Crippen LogP contribution is 2.22. The third kappa shape index (κ3) is 3.21. The highest BCUT2D eigenvalue weighted by Gasteiger charge is 2.37. The normalized spacial score (nSPS) is 31.9. The molecule has 6 nitrogen and oxygen atoms in total. The van der Waals surface area contributed by atoms with E-state index in [2.05, 4.69) is 4.72 Å². The van der Waals surface area contributed by atoms with Crippen LogP contribution in [0.25, 0.3) is 0 Å². The minimum atomic E-state index is -3.39. The van der Waals surface area contributed by atoms with E-state index in [4.69, 9.17) is 10.5 Å². The summed E-state index contributed by atoms with van der Waals surface area (Å²) in [5, 5.41) is 0. The zero-order valence-corrected chi connectivity index (χ0v) is 11.7. The molecular formula is C11H23N3O3S. The number of hydrogen-bond acceptors (Lipinski definition) is 4. The summed E-state index contributed by atoms with van der Waals surface area (Å²) < 4.78 is 34.1. The number of piperidine rings is 1. The molecule has 18 heavy (non-hydrogen) atoms. The van der Waals surface area contributed by atoms with Crippen molar-refractivity contribution in [3.63, 3.8) is 0 Å². The van der Waals surface area contributed by atoms with Crippen molar-refractivity contribution in [2.45, 2.75) is 31.7 Å². The van der Waals surface area contributed by atoms with E-state index in [9.17, 15) is 8.42 Å². The molecule has 0 aromatic heterocycles. The zero-order chi connectivity index (χ0) is 13.2. The van der Waals surface area contributed by atoms with Crippen LogP contribution in [-0.2, 0) is 14.9 Å². The predicted molar refractivity (Wildman–Crippen MR) is 69.2 cm³/mol. The molecule has 7 heteroatoms. The lowest BCUT2D eigenvalue weighted by molar-refractivity contribution is 0.177. The van der Waals surface area contributed by atoms with Crippen LogP contribution in [0.2, 0.25) is 0 Å². The standard InChI is InChI=1S/C11H23N3O3S/c1-11(4-7-17-9-11)13-18(15,16)14-5-2-10(8-12)3-6-14/h10,13H,2-9,12H2,1H3. The highest BCUT2D eigenvalue weighted by molar-refractivity contribution is 7.87. The molecule has 0 aliphatic carbocycles. The fraction of sp³-hybridized carbons (Fsp3) is 1.00. The molecule has 2 aliphatic heterocycles. The molecule has 106 valence electrons. The van der Waals surface area contributed by atoms with Crippen molar-refractivity contribution in [3.05, 3.63) is 0 Å². The molecule has 0 radical (unpaired) electrons. The van der Waals surface area contributed by atoms with Crippen molar-refractivity contribution in [1.82, 2.24) is 9.03 Å². The second kappa shape index (κ2) is 5.42. The smallest absolute Gasteiger partial charge is 0.280 e. The Morgan fingerprint density at radius 1 is 1.44 bits per heavy atom. The van der Waals surface area contributed by atoms with Crippen molar-refractivity contribution >= 4 is 10.2 Å². The molecule has 1 unspecified atom stereocenters. The van der Waals surface area contributed by atoms with Gasteiger partial charge in [0.1, 0.15) is 0 Å². The van der Waals surface area contributed by atoms with Crippen LogP contribution in [0, 0.1) is 5.92 Å². The summed E-state index contributed by atoms with van der Waals surface area (Å²) in [5.74, 6) is 0.460. The van der Waals surface area contributed by atoms with Gasteiger partial charge in [-0.2, -0.15) is 17.4 Å². The fourth-order valence-electron chi connectivity index (χ4n) is 2.51. The van der Waals surface area contributed by atoms with Gasteiger partial charge in [-0.15, -0.1) is 0 Å². The van der Waals surface area contributed by atoms with Gasteiger partial charge in [0.2, 0.25) is 0 Å². The lowest BCUT2D eigenvalue weighted by atomic mass is 9.99. The average Bonchev–Trinajstić information content (AvgIpc) is 2.75. The number of nitrogens with one attached hydrogen (secondary N) is 1.